The monoisotopic (exact) mass is 291 g/mol. The van der Waals surface area contributed by atoms with Gasteiger partial charge < -0.3 is 10.1 Å². The van der Waals surface area contributed by atoms with Gasteiger partial charge in [-0.25, -0.2) is 9.07 Å². The summed E-state index contributed by atoms with van der Waals surface area (Å²) >= 11 is 0. The third kappa shape index (κ3) is 3.42. The van der Waals surface area contributed by atoms with Crippen molar-refractivity contribution in [2.75, 3.05) is 6.54 Å². The van der Waals surface area contributed by atoms with Crippen LogP contribution >= 0.6 is 0 Å². The summed E-state index contributed by atoms with van der Waals surface area (Å²) in [7, 11) is 1.83. The molecule has 4 nitrogen and oxygen atoms in total. The second kappa shape index (κ2) is 6.26. The van der Waals surface area contributed by atoms with Gasteiger partial charge in [0.05, 0.1) is 5.69 Å². The number of ether oxygens (including phenoxy) is 1. The Labute approximate surface area is 124 Å². The van der Waals surface area contributed by atoms with Crippen LogP contribution in [0.4, 0.5) is 4.39 Å². The van der Waals surface area contributed by atoms with Crippen LogP contribution in [0.3, 0.4) is 0 Å². The molecule has 0 fully saturated rings. The molecule has 0 aliphatic heterocycles. The number of hydrogen-bond donors (Lipinski definition) is 1. The molecule has 2 aromatic rings. The maximum atomic E-state index is 13.9. The average molecular weight is 291 g/mol. The van der Waals surface area contributed by atoms with Gasteiger partial charge in [0, 0.05) is 24.7 Å². The van der Waals surface area contributed by atoms with E-state index in [1.807, 2.05) is 33.9 Å². The van der Waals surface area contributed by atoms with E-state index in [1.165, 1.54) is 0 Å². The largest absolute Gasteiger partial charge is 0.439 e. The van der Waals surface area contributed by atoms with Crippen LogP contribution in [0.25, 0.3) is 0 Å². The van der Waals surface area contributed by atoms with Gasteiger partial charge in [-0.1, -0.05) is 6.92 Å². The minimum Gasteiger partial charge on any atom is -0.439 e. The van der Waals surface area contributed by atoms with Crippen LogP contribution in [0, 0.1) is 19.7 Å². The molecule has 114 valence electrons. The molecule has 0 saturated carbocycles. The standard InChI is InChI=1S/C16H22FN3O/c1-6-18-12(4)13-9-14(17)10(2)7-15(13)21-16-8-11(3)19-20(16)5/h7-9,12,18H,6H2,1-5H3. The Hall–Kier alpha value is -1.88. The number of aryl methyl sites for hydroxylation is 3. The van der Waals surface area contributed by atoms with Crippen molar-refractivity contribution >= 4 is 0 Å². The second-order valence-electron chi connectivity index (χ2n) is 5.27. The summed E-state index contributed by atoms with van der Waals surface area (Å²) in [5.74, 6) is 1.08. The van der Waals surface area contributed by atoms with Gasteiger partial charge in [0.15, 0.2) is 0 Å². The second-order valence-corrected chi connectivity index (χ2v) is 5.27. The fourth-order valence-electron chi connectivity index (χ4n) is 2.31. The number of hydrogen-bond acceptors (Lipinski definition) is 3. The van der Waals surface area contributed by atoms with E-state index >= 15 is 0 Å². The molecule has 21 heavy (non-hydrogen) atoms. The van der Waals surface area contributed by atoms with Gasteiger partial charge in [-0.3, -0.25) is 0 Å². The number of benzene rings is 1. The van der Waals surface area contributed by atoms with Crippen molar-refractivity contribution in [3.63, 3.8) is 0 Å². The lowest BCUT2D eigenvalue weighted by atomic mass is 10.0. The number of rotatable bonds is 5. The van der Waals surface area contributed by atoms with E-state index in [-0.39, 0.29) is 11.9 Å². The first-order valence-electron chi connectivity index (χ1n) is 7.14. The zero-order valence-corrected chi connectivity index (χ0v) is 13.2. The highest BCUT2D eigenvalue weighted by molar-refractivity contribution is 5.42. The Bertz CT molecular complexity index is 637. The molecule has 0 bridgehead atoms. The molecule has 0 aliphatic carbocycles. The summed E-state index contributed by atoms with van der Waals surface area (Å²) in [4.78, 5) is 0. The van der Waals surface area contributed by atoms with Gasteiger partial charge in [-0.15, -0.1) is 0 Å². The molecule has 2 rings (SSSR count). The molecule has 1 heterocycles. The summed E-state index contributed by atoms with van der Waals surface area (Å²) < 4.78 is 21.5. The predicted octanol–water partition coefficient (Wildman–Crippen LogP) is 3.64. The molecular formula is C16H22FN3O. The normalized spacial score (nSPS) is 12.5. The number of halogens is 1. The molecule has 1 N–H and O–H groups in total. The molecule has 5 heteroatoms. The quantitative estimate of drug-likeness (QED) is 0.914. The fraction of sp³-hybridized carbons (Fsp3) is 0.438. The van der Waals surface area contributed by atoms with Crippen LogP contribution in [0.5, 0.6) is 11.6 Å². The highest BCUT2D eigenvalue weighted by Crippen LogP contribution is 2.32. The first kappa shape index (κ1) is 15.5. The van der Waals surface area contributed by atoms with Crippen molar-refractivity contribution < 1.29 is 9.13 Å². The van der Waals surface area contributed by atoms with E-state index < -0.39 is 0 Å². The van der Waals surface area contributed by atoms with Crippen LogP contribution < -0.4 is 10.1 Å². The van der Waals surface area contributed by atoms with Crippen LogP contribution in [0.1, 0.15) is 36.7 Å². The van der Waals surface area contributed by atoms with Crippen molar-refractivity contribution in [1.82, 2.24) is 15.1 Å². The smallest absolute Gasteiger partial charge is 0.217 e. The minimum atomic E-state index is -0.219. The Morgan fingerprint density at radius 2 is 2.05 bits per heavy atom. The third-order valence-corrected chi connectivity index (χ3v) is 3.44. The summed E-state index contributed by atoms with van der Waals surface area (Å²) in [6.07, 6.45) is 0. The number of nitrogens with zero attached hydrogens (tertiary/aromatic N) is 2. The van der Waals surface area contributed by atoms with E-state index in [0.29, 0.717) is 17.2 Å². The Kier molecular flexibility index (Phi) is 4.63. The molecule has 0 radical (unpaired) electrons. The zero-order valence-electron chi connectivity index (χ0n) is 13.2. The predicted molar refractivity (Wildman–Crippen MR) is 81.2 cm³/mol. The highest BCUT2D eigenvalue weighted by Gasteiger charge is 2.16. The van der Waals surface area contributed by atoms with Crippen molar-refractivity contribution in [3.8, 4) is 11.6 Å². The molecule has 1 aromatic carbocycles. The van der Waals surface area contributed by atoms with Gasteiger partial charge >= 0.3 is 0 Å². The van der Waals surface area contributed by atoms with Crippen LogP contribution in [-0.2, 0) is 7.05 Å². The topological polar surface area (TPSA) is 39.1 Å². The van der Waals surface area contributed by atoms with Gasteiger partial charge in [-0.2, -0.15) is 5.10 Å². The Balaban J connectivity index is 2.41. The van der Waals surface area contributed by atoms with Gasteiger partial charge in [0.1, 0.15) is 11.6 Å². The van der Waals surface area contributed by atoms with Crippen LogP contribution in [0.2, 0.25) is 0 Å². The molecular weight excluding hydrogens is 269 g/mol. The third-order valence-electron chi connectivity index (χ3n) is 3.44. The summed E-state index contributed by atoms with van der Waals surface area (Å²) in [6, 6.07) is 5.15. The highest BCUT2D eigenvalue weighted by atomic mass is 19.1. The van der Waals surface area contributed by atoms with Gasteiger partial charge in [0.2, 0.25) is 5.88 Å². The van der Waals surface area contributed by atoms with Crippen LogP contribution in [-0.4, -0.2) is 16.3 Å². The van der Waals surface area contributed by atoms with Crippen molar-refractivity contribution in [3.05, 3.63) is 40.8 Å². The zero-order chi connectivity index (χ0) is 15.6. The number of nitrogens with one attached hydrogen (secondary N) is 1. The van der Waals surface area contributed by atoms with Crippen molar-refractivity contribution in [1.29, 1.82) is 0 Å². The average Bonchev–Trinajstić information content (AvgIpc) is 2.72. The molecule has 0 spiro atoms. The lowest BCUT2D eigenvalue weighted by Crippen LogP contribution is -2.18. The molecule has 0 saturated heterocycles. The van der Waals surface area contributed by atoms with E-state index in [2.05, 4.69) is 10.4 Å². The summed E-state index contributed by atoms with van der Waals surface area (Å²) in [6.45, 7) is 8.46. The fourth-order valence-corrected chi connectivity index (χ4v) is 2.31. The van der Waals surface area contributed by atoms with E-state index in [1.54, 1.807) is 23.7 Å². The van der Waals surface area contributed by atoms with E-state index in [0.717, 1.165) is 17.8 Å². The molecule has 1 unspecified atom stereocenters. The van der Waals surface area contributed by atoms with E-state index in [4.69, 9.17) is 4.74 Å². The molecule has 0 amide bonds. The molecule has 1 atom stereocenters. The molecule has 1 aromatic heterocycles. The Morgan fingerprint density at radius 1 is 1.33 bits per heavy atom. The molecule has 0 aliphatic rings. The maximum absolute atomic E-state index is 13.9. The SMILES string of the molecule is CCNC(C)c1cc(F)c(C)cc1Oc1cc(C)nn1C. The minimum absolute atomic E-state index is 0.00873. The Morgan fingerprint density at radius 3 is 2.62 bits per heavy atom. The van der Waals surface area contributed by atoms with Gasteiger partial charge in [-0.05, 0) is 45.0 Å². The lowest BCUT2D eigenvalue weighted by Gasteiger charge is -2.18. The number of aromatic nitrogens is 2. The maximum Gasteiger partial charge on any atom is 0.217 e. The lowest BCUT2D eigenvalue weighted by molar-refractivity contribution is 0.416. The van der Waals surface area contributed by atoms with Crippen LogP contribution in [0.15, 0.2) is 18.2 Å². The van der Waals surface area contributed by atoms with E-state index in [9.17, 15) is 4.39 Å². The van der Waals surface area contributed by atoms with Crippen molar-refractivity contribution in [2.45, 2.75) is 33.7 Å². The summed E-state index contributed by atoms with van der Waals surface area (Å²) in [5.41, 5.74) is 2.25. The van der Waals surface area contributed by atoms with Crippen molar-refractivity contribution in [2.24, 2.45) is 7.05 Å². The first-order valence-corrected chi connectivity index (χ1v) is 7.14. The van der Waals surface area contributed by atoms with Gasteiger partial charge in [0.25, 0.3) is 0 Å². The summed E-state index contributed by atoms with van der Waals surface area (Å²) in [5, 5.41) is 7.55. The first-order chi connectivity index (χ1) is 9.92.